The van der Waals surface area contributed by atoms with Crippen molar-refractivity contribution in [1.82, 2.24) is 10.2 Å². The van der Waals surface area contributed by atoms with Gasteiger partial charge in [-0.3, -0.25) is 0 Å². The second kappa shape index (κ2) is 7.03. The molecule has 0 unspecified atom stereocenters. The molecule has 0 bridgehead atoms. The summed E-state index contributed by atoms with van der Waals surface area (Å²) >= 11 is 0. The molecule has 1 aliphatic heterocycles. The monoisotopic (exact) mass is 298 g/mol. The van der Waals surface area contributed by atoms with Gasteiger partial charge in [-0.1, -0.05) is 48.5 Å². The molecule has 1 heterocycles. The third kappa shape index (κ3) is 3.54. The van der Waals surface area contributed by atoms with E-state index in [0.29, 0.717) is 18.5 Å². The summed E-state index contributed by atoms with van der Waals surface area (Å²) in [7, 11) is 2.17. The topological polar surface area (TPSA) is 15.3 Å². The van der Waals surface area contributed by atoms with E-state index in [-0.39, 0.29) is 5.82 Å². The lowest BCUT2D eigenvalue weighted by molar-refractivity contribution is 0.205. The van der Waals surface area contributed by atoms with Crippen LogP contribution in [0, 0.1) is 5.82 Å². The van der Waals surface area contributed by atoms with Gasteiger partial charge in [0.15, 0.2) is 0 Å². The second-order valence-electron chi connectivity index (χ2n) is 6.15. The third-order valence-corrected chi connectivity index (χ3v) is 4.56. The molecule has 2 nitrogen and oxygen atoms in total. The standard InChI is InChI=1S/C19H23FN2/c1-22-12-11-19(17(14-22)15-7-3-2-4-8-15)21-13-16-9-5-6-10-18(16)20/h2-10,17,19,21H,11-14H2,1H3/t17-,19+/m1/s1. The Balaban J connectivity index is 1.72. The van der Waals surface area contributed by atoms with Gasteiger partial charge in [0.1, 0.15) is 5.82 Å². The van der Waals surface area contributed by atoms with E-state index >= 15 is 0 Å². The van der Waals surface area contributed by atoms with Crippen molar-refractivity contribution in [3.05, 3.63) is 71.5 Å². The average Bonchev–Trinajstić information content (AvgIpc) is 2.56. The molecule has 22 heavy (non-hydrogen) atoms. The van der Waals surface area contributed by atoms with E-state index in [4.69, 9.17) is 0 Å². The van der Waals surface area contributed by atoms with Crippen LogP contribution in [0.15, 0.2) is 54.6 Å². The number of hydrogen-bond donors (Lipinski definition) is 1. The van der Waals surface area contributed by atoms with Gasteiger partial charge < -0.3 is 10.2 Å². The van der Waals surface area contributed by atoms with Crippen molar-refractivity contribution in [3.63, 3.8) is 0 Å². The summed E-state index contributed by atoms with van der Waals surface area (Å²) in [4.78, 5) is 2.37. The molecule has 3 heteroatoms. The first-order valence-corrected chi connectivity index (χ1v) is 7.94. The van der Waals surface area contributed by atoms with E-state index in [1.165, 1.54) is 11.6 Å². The molecule has 0 radical (unpaired) electrons. The molecule has 0 amide bonds. The molecule has 116 valence electrons. The summed E-state index contributed by atoms with van der Waals surface area (Å²) in [5.41, 5.74) is 2.10. The molecule has 1 fully saturated rings. The average molecular weight is 298 g/mol. The molecule has 3 rings (SSSR count). The van der Waals surface area contributed by atoms with E-state index in [1.807, 2.05) is 12.1 Å². The van der Waals surface area contributed by atoms with Crippen molar-refractivity contribution in [2.24, 2.45) is 0 Å². The van der Waals surface area contributed by atoms with Gasteiger partial charge in [0.2, 0.25) is 0 Å². The number of likely N-dealkylation sites (N-methyl/N-ethyl adjacent to an activating group) is 1. The highest BCUT2D eigenvalue weighted by Crippen LogP contribution is 2.27. The SMILES string of the molecule is CN1CC[C@H](NCc2ccccc2F)[C@@H](c2ccccc2)C1. The maximum absolute atomic E-state index is 13.8. The van der Waals surface area contributed by atoms with Crippen LogP contribution in [0.1, 0.15) is 23.5 Å². The largest absolute Gasteiger partial charge is 0.309 e. The predicted octanol–water partition coefficient (Wildman–Crippen LogP) is 3.40. The lowest BCUT2D eigenvalue weighted by Gasteiger charge is -2.37. The minimum Gasteiger partial charge on any atom is -0.309 e. The van der Waals surface area contributed by atoms with E-state index in [9.17, 15) is 4.39 Å². The van der Waals surface area contributed by atoms with Crippen molar-refractivity contribution in [1.29, 1.82) is 0 Å². The Labute approximate surface area is 132 Å². The molecule has 2 aromatic carbocycles. The summed E-state index contributed by atoms with van der Waals surface area (Å²) in [6, 6.07) is 18.0. The lowest BCUT2D eigenvalue weighted by atomic mass is 9.86. The van der Waals surface area contributed by atoms with Gasteiger partial charge in [-0.2, -0.15) is 0 Å². The molecule has 0 saturated carbocycles. The van der Waals surface area contributed by atoms with Crippen LogP contribution in [-0.4, -0.2) is 31.1 Å². The smallest absolute Gasteiger partial charge is 0.127 e. The molecule has 2 atom stereocenters. The van der Waals surface area contributed by atoms with Crippen LogP contribution in [0.5, 0.6) is 0 Å². The van der Waals surface area contributed by atoms with Gasteiger partial charge in [-0.05, 0) is 31.6 Å². The maximum Gasteiger partial charge on any atom is 0.127 e. The molecule has 1 N–H and O–H groups in total. The maximum atomic E-state index is 13.8. The highest BCUT2D eigenvalue weighted by Gasteiger charge is 2.28. The van der Waals surface area contributed by atoms with Crippen LogP contribution in [0.4, 0.5) is 4.39 Å². The van der Waals surface area contributed by atoms with Crippen LogP contribution < -0.4 is 5.32 Å². The van der Waals surface area contributed by atoms with Gasteiger partial charge in [0.25, 0.3) is 0 Å². The lowest BCUT2D eigenvalue weighted by Crippen LogP contribution is -2.46. The predicted molar refractivity (Wildman–Crippen MR) is 88.3 cm³/mol. The molecule has 0 aliphatic carbocycles. The van der Waals surface area contributed by atoms with Crippen LogP contribution in [-0.2, 0) is 6.54 Å². The van der Waals surface area contributed by atoms with Crippen molar-refractivity contribution < 1.29 is 4.39 Å². The number of likely N-dealkylation sites (tertiary alicyclic amines) is 1. The molecule has 0 aromatic heterocycles. The van der Waals surface area contributed by atoms with Gasteiger partial charge in [0.05, 0.1) is 0 Å². The van der Waals surface area contributed by atoms with Crippen molar-refractivity contribution >= 4 is 0 Å². The minimum atomic E-state index is -0.126. The fourth-order valence-corrected chi connectivity index (χ4v) is 3.28. The quantitative estimate of drug-likeness (QED) is 0.930. The van der Waals surface area contributed by atoms with Crippen LogP contribution in [0.3, 0.4) is 0 Å². The zero-order chi connectivity index (χ0) is 15.4. The zero-order valence-electron chi connectivity index (χ0n) is 13.0. The summed E-state index contributed by atoms with van der Waals surface area (Å²) in [6.07, 6.45) is 1.09. The molecule has 0 spiro atoms. The fraction of sp³-hybridized carbons (Fsp3) is 0.368. The Morgan fingerprint density at radius 1 is 1.09 bits per heavy atom. The van der Waals surface area contributed by atoms with E-state index in [0.717, 1.165) is 25.1 Å². The Morgan fingerprint density at radius 3 is 2.59 bits per heavy atom. The second-order valence-corrected chi connectivity index (χ2v) is 6.15. The normalized spacial score (nSPS) is 22.6. The van der Waals surface area contributed by atoms with Crippen molar-refractivity contribution in [3.8, 4) is 0 Å². The Morgan fingerprint density at radius 2 is 1.82 bits per heavy atom. The van der Waals surface area contributed by atoms with Crippen molar-refractivity contribution in [2.45, 2.75) is 24.9 Å². The number of nitrogens with zero attached hydrogens (tertiary/aromatic N) is 1. The Bertz CT molecular complexity index is 599. The van der Waals surface area contributed by atoms with Gasteiger partial charge in [-0.25, -0.2) is 4.39 Å². The molecular formula is C19H23FN2. The third-order valence-electron chi connectivity index (χ3n) is 4.56. The molecule has 1 aliphatic rings. The number of rotatable bonds is 4. The summed E-state index contributed by atoms with van der Waals surface area (Å²) < 4.78 is 13.8. The van der Waals surface area contributed by atoms with E-state index in [2.05, 4.69) is 47.6 Å². The van der Waals surface area contributed by atoms with Crippen LogP contribution in [0.2, 0.25) is 0 Å². The zero-order valence-corrected chi connectivity index (χ0v) is 13.0. The molecule has 2 aromatic rings. The molecular weight excluding hydrogens is 275 g/mol. The first kappa shape index (κ1) is 15.2. The number of benzene rings is 2. The summed E-state index contributed by atoms with van der Waals surface area (Å²) in [5.74, 6) is 0.325. The first-order chi connectivity index (χ1) is 10.7. The Hall–Kier alpha value is -1.71. The highest BCUT2D eigenvalue weighted by molar-refractivity contribution is 5.23. The van der Waals surface area contributed by atoms with Gasteiger partial charge in [-0.15, -0.1) is 0 Å². The fourth-order valence-electron chi connectivity index (χ4n) is 3.28. The number of hydrogen-bond acceptors (Lipinski definition) is 2. The van der Waals surface area contributed by atoms with Gasteiger partial charge in [0, 0.05) is 30.6 Å². The van der Waals surface area contributed by atoms with Gasteiger partial charge >= 0.3 is 0 Å². The highest BCUT2D eigenvalue weighted by atomic mass is 19.1. The van der Waals surface area contributed by atoms with Crippen LogP contribution in [0.25, 0.3) is 0 Å². The van der Waals surface area contributed by atoms with Crippen molar-refractivity contribution in [2.75, 3.05) is 20.1 Å². The number of halogens is 1. The first-order valence-electron chi connectivity index (χ1n) is 7.94. The van der Waals surface area contributed by atoms with E-state index in [1.54, 1.807) is 6.07 Å². The minimum absolute atomic E-state index is 0.126. The summed E-state index contributed by atoms with van der Waals surface area (Å²) in [6.45, 7) is 2.71. The molecule has 1 saturated heterocycles. The van der Waals surface area contributed by atoms with Crippen LogP contribution >= 0.6 is 0 Å². The van der Waals surface area contributed by atoms with E-state index < -0.39 is 0 Å². The number of piperidine rings is 1. The number of nitrogens with one attached hydrogen (secondary N) is 1. The summed E-state index contributed by atoms with van der Waals surface area (Å²) in [5, 5.41) is 3.58. The Kier molecular flexibility index (Phi) is 4.86.